The Morgan fingerprint density at radius 2 is 2.00 bits per heavy atom. The monoisotopic (exact) mass is 307 g/mol. The summed E-state index contributed by atoms with van der Waals surface area (Å²) < 4.78 is 26.1. The minimum atomic E-state index is -1.03. The molecule has 0 aliphatic rings. The van der Waals surface area contributed by atoms with Crippen molar-refractivity contribution < 1.29 is 23.5 Å². The summed E-state index contributed by atoms with van der Waals surface area (Å²) >= 11 is 0. The van der Waals surface area contributed by atoms with E-state index in [9.17, 15) is 23.5 Å². The maximum absolute atomic E-state index is 13.4. The molecule has 0 atom stereocenters. The van der Waals surface area contributed by atoms with Crippen LogP contribution in [-0.4, -0.2) is 28.4 Å². The van der Waals surface area contributed by atoms with Gasteiger partial charge in [-0.15, -0.1) is 0 Å². The molecule has 1 aromatic heterocycles. The average molecular weight is 307 g/mol. The SMILES string of the molecule is O=C(CNC(=O)c1ccc(F)cc1F)Nc1ncccc1O. The van der Waals surface area contributed by atoms with Crippen LogP contribution < -0.4 is 10.6 Å². The highest BCUT2D eigenvalue weighted by Crippen LogP contribution is 2.17. The van der Waals surface area contributed by atoms with Crippen molar-refractivity contribution in [3.05, 3.63) is 53.7 Å². The van der Waals surface area contributed by atoms with E-state index in [1.165, 1.54) is 18.3 Å². The molecule has 6 nitrogen and oxygen atoms in total. The highest BCUT2D eigenvalue weighted by molar-refractivity contribution is 5.99. The lowest BCUT2D eigenvalue weighted by molar-refractivity contribution is -0.115. The van der Waals surface area contributed by atoms with Crippen LogP contribution in [0.25, 0.3) is 0 Å². The van der Waals surface area contributed by atoms with Crippen LogP contribution in [0.2, 0.25) is 0 Å². The smallest absolute Gasteiger partial charge is 0.254 e. The molecule has 0 saturated heterocycles. The molecule has 0 radical (unpaired) electrons. The van der Waals surface area contributed by atoms with Crippen LogP contribution in [0.3, 0.4) is 0 Å². The Balaban J connectivity index is 1.93. The van der Waals surface area contributed by atoms with Gasteiger partial charge < -0.3 is 15.7 Å². The summed E-state index contributed by atoms with van der Waals surface area (Å²) in [6, 6.07) is 5.28. The first kappa shape index (κ1) is 15.4. The predicted octanol–water partition coefficient (Wildman–Crippen LogP) is 1.43. The minimum absolute atomic E-state index is 0.0605. The molecule has 1 heterocycles. The van der Waals surface area contributed by atoms with Crippen molar-refractivity contribution in [3.8, 4) is 5.75 Å². The van der Waals surface area contributed by atoms with E-state index in [0.29, 0.717) is 6.07 Å². The van der Waals surface area contributed by atoms with Gasteiger partial charge in [0.25, 0.3) is 5.91 Å². The second kappa shape index (κ2) is 6.61. The van der Waals surface area contributed by atoms with Crippen LogP contribution in [0.1, 0.15) is 10.4 Å². The van der Waals surface area contributed by atoms with Gasteiger partial charge in [0.2, 0.25) is 5.91 Å². The highest BCUT2D eigenvalue weighted by atomic mass is 19.1. The van der Waals surface area contributed by atoms with Crippen molar-refractivity contribution in [3.63, 3.8) is 0 Å². The third-order valence-corrected chi connectivity index (χ3v) is 2.63. The first-order valence-corrected chi connectivity index (χ1v) is 6.14. The summed E-state index contributed by atoms with van der Waals surface area (Å²) in [6.45, 7) is -0.467. The third kappa shape index (κ3) is 3.75. The molecule has 0 fully saturated rings. The lowest BCUT2D eigenvalue weighted by Crippen LogP contribution is -2.33. The molecule has 114 valence electrons. The Hall–Kier alpha value is -3.03. The van der Waals surface area contributed by atoms with Gasteiger partial charge in [0.15, 0.2) is 11.6 Å². The first-order valence-electron chi connectivity index (χ1n) is 6.14. The fraction of sp³-hybridized carbons (Fsp3) is 0.0714. The van der Waals surface area contributed by atoms with Gasteiger partial charge in [0, 0.05) is 12.3 Å². The van der Waals surface area contributed by atoms with Crippen LogP contribution in [-0.2, 0) is 4.79 Å². The standard InChI is InChI=1S/C14H11F2N3O3/c15-8-3-4-9(10(16)6-8)14(22)18-7-12(21)19-13-11(20)2-1-5-17-13/h1-6,20H,7H2,(H,18,22)(H,17,19,21). The van der Waals surface area contributed by atoms with Gasteiger partial charge in [0.05, 0.1) is 12.1 Å². The van der Waals surface area contributed by atoms with Gasteiger partial charge in [-0.3, -0.25) is 9.59 Å². The van der Waals surface area contributed by atoms with E-state index in [2.05, 4.69) is 15.6 Å². The number of amides is 2. The number of hydrogen-bond donors (Lipinski definition) is 3. The number of anilines is 1. The number of halogens is 2. The molecule has 2 amide bonds. The predicted molar refractivity (Wildman–Crippen MR) is 73.2 cm³/mol. The number of pyridine rings is 1. The van der Waals surface area contributed by atoms with Gasteiger partial charge in [-0.1, -0.05) is 0 Å². The van der Waals surface area contributed by atoms with Crippen molar-refractivity contribution in [2.24, 2.45) is 0 Å². The van der Waals surface area contributed by atoms with Gasteiger partial charge in [-0.25, -0.2) is 13.8 Å². The maximum atomic E-state index is 13.4. The number of aromatic nitrogens is 1. The van der Waals surface area contributed by atoms with Crippen LogP contribution in [0, 0.1) is 11.6 Å². The molecule has 0 saturated carbocycles. The molecular formula is C14H11F2N3O3. The van der Waals surface area contributed by atoms with Crippen LogP contribution in [0.15, 0.2) is 36.5 Å². The van der Waals surface area contributed by atoms with Crippen molar-refractivity contribution in [2.45, 2.75) is 0 Å². The maximum Gasteiger partial charge on any atom is 0.254 e. The Kier molecular flexibility index (Phi) is 4.62. The quantitative estimate of drug-likeness (QED) is 0.797. The molecule has 1 aromatic carbocycles. The van der Waals surface area contributed by atoms with Gasteiger partial charge in [-0.2, -0.15) is 0 Å². The van der Waals surface area contributed by atoms with Gasteiger partial charge in [0.1, 0.15) is 11.6 Å². The van der Waals surface area contributed by atoms with Crippen molar-refractivity contribution in [2.75, 3.05) is 11.9 Å². The van der Waals surface area contributed by atoms with Crippen LogP contribution >= 0.6 is 0 Å². The summed E-state index contributed by atoms with van der Waals surface area (Å²) in [5, 5.41) is 13.9. The molecule has 2 aromatic rings. The molecule has 8 heteroatoms. The van der Waals surface area contributed by atoms with E-state index in [1.807, 2.05) is 0 Å². The Morgan fingerprint density at radius 1 is 1.23 bits per heavy atom. The summed E-state index contributed by atoms with van der Waals surface area (Å²) in [5.74, 6) is -3.65. The topological polar surface area (TPSA) is 91.3 Å². The number of rotatable bonds is 4. The molecule has 3 N–H and O–H groups in total. The average Bonchev–Trinajstić information content (AvgIpc) is 2.47. The Labute approximate surface area is 123 Å². The molecule has 22 heavy (non-hydrogen) atoms. The first-order chi connectivity index (χ1) is 10.5. The van der Waals surface area contributed by atoms with E-state index < -0.39 is 30.0 Å². The Bertz CT molecular complexity index is 722. The molecule has 0 spiro atoms. The molecule has 0 aliphatic heterocycles. The number of carbonyl (C=O) groups is 2. The zero-order valence-electron chi connectivity index (χ0n) is 11.1. The van der Waals surface area contributed by atoms with E-state index in [1.54, 1.807) is 0 Å². The number of carbonyl (C=O) groups excluding carboxylic acids is 2. The number of hydrogen-bond acceptors (Lipinski definition) is 4. The summed E-state index contributed by atoms with van der Waals surface area (Å²) in [7, 11) is 0. The molecule has 0 aliphatic carbocycles. The van der Waals surface area contributed by atoms with Crippen LogP contribution in [0.5, 0.6) is 5.75 Å². The fourth-order valence-corrected chi connectivity index (χ4v) is 1.60. The van der Waals surface area contributed by atoms with E-state index in [4.69, 9.17) is 0 Å². The Morgan fingerprint density at radius 3 is 2.68 bits per heavy atom. The fourth-order valence-electron chi connectivity index (χ4n) is 1.60. The van der Waals surface area contributed by atoms with Crippen molar-refractivity contribution >= 4 is 17.6 Å². The van der Waals surface area contributed by atoms with Crippen molar-refractivity contribution in [1.82, 2.24) is 10.3 Å². The summed E-state index contributed by atoms with van der Waals surface area (Å²) in [4.78, 5) is 27.0. The normalized spacial score (nSPS) is 10.1. The molecule has 2 rings (SSSR count). The highest BCUT2D eigenvalue weighted by Gasteiger charge is 2.14. The zero-order valence-corrected chi connectivity index (χ0v) is 11.1. The lowest BCUT2D eigenvalue weighted by Gasteiger charge is -2.08. The number of aromatic hydroxyl groups is 1. The zero-order chi connectivity index (χ0) is 16.1. The van der Waals surface area contributed by atoms with E-state index >= 15 is 0 Å². The molecular weight excluding hydrogens is 296 g/mol. The van der Waals surface area contributed by atoms with E-state index in [0.717, 1.165) is 12.1 Å². The lowest BCUT2D eigenvalue weighted by atomic mass is 10.2. The van der Waals surface area contributed by atoms with Gasteiger partial charge in [-0.05, 0) is 24.3 Å². The largest absolute Gasteiger partial charge is 0.504 e. The third-order valence-electron chi connectivity index (χ3n) is 2.63. The number of benzene rings is 1. The molecule has 0 unspecified atom stereocenters. The second-order valence-electron chi connectivity index (χ2n) is 4.23. The van der Waals surface area contributed by atoms with Crippen molar-refractivity contribution in [1.29, 1.82) is 0 Å². The molecule has 0 bridgehead atoms. The number of nitrogens with zero attached hydrogens (tertiary/aromatic N) is 1. The number of nitrogens with one attached hydrogen (secondary N) is 2. The minimum Gasteiger partial charge on any atom is -0.504 e. The summed E-state index contributed by atoms with van der Waals surface area (Å²) in [6.07, 6.45) is 1.36. The summed E-state index contributed by atoms with van der Waals surface area (Å²) in [5.41, 5.74) is -0.380. The van der Waals surface area contributed by atoms with Gasteiger partial charge >= 0.3 is 0 Å². The van der Waals surface area contributed by atoms with Crippen LogP contribution in [0.4, 0.5) is 14.6 Å². The second-order valence-corrected chi connectivity index (χ2v) is 4.23. The van der Waals surface area contributed by atoms with E-state index in [-0.39, 0.29) is 17.1 Å².